The summed E-state index contributed by atoms with van der Waals surface area (Å²) in [6, 6.07) is 14.0. The van der Waals surface area contributed by atoms with Crippen LogP contribution in [0.25, 0.3) is 0 Å². The molecule has 1 amide bonds. The Morgan fingerprint density at radius 1 is 1.14 bits per heavy atom. The van der Waals surface area contributed by atoms with Gasteiger partial charge in [0.15, 0.2) is 0 Å². The van der Waals surface area contributed by atoms with Gasteiger partial charge >= 0.3 is 6.09 Å². The van der Waals surface area contributed by atoms with Gasteiger partial charge in [-0.3, -0.25) is 5.32 Å². The molecular weight excluding hydrogens is 269 g/mol. The normalized spacial score (nSPS) is 16.9. The molecule has 108 valence electrons. The number of hydrogen-bond donors (Lipinski definition) is 1. The molecule has 0 saturated heterocycles. The standard InChI is InChI=1S/C17H16FNO2/c18-14-9-3-4-10-15(14)19-17(20)21-16-11-5-7-12-6-1-2-8-13(12)16/h1-4,6,8-10,16H,5,7,11H2,(H,19,20)/t16-/m1/s1. The molecule has 0 aromatic heterocycles. The third-order valence-electron chi connectivity index (χ3n) is 3.67. The first kappa shape index (κ1) is 13.6. The number of halogens is 1. The van der Waals surface area contributed by atoms with E-state index in [1.807, 2.05) is 18.2 Å². The Labute approximate surface area is 122 Å². The van der Waals surface area contributed by atoms with Gasteiger partial charge in [-0.15, -0.1) is 0 Å². The lowest BCUT2D eigenvalue weighted by atomic mass is 9.89. The maximum absolute atomic E-state index is 13.5. The molecule has 0 spiro atoms. The fourth-order valence-electron chi connectivity index (χ4n) is 2.66. The maximum Gasteiger partial charge on any atom is 0.412 e. The highest BCUT2D eigenvalue weighted by molar-refractivity contribution is 5.84. The molecule has 4 heteroatoms. The number of ether oxygens (including phenoxy) is 1. The molecule has 0 aliphatic heterocycles. The van der Waals surface area contributed by atoms with Crippen molar-refractivity contribution in [3.05, 3.63) is 65.5 Å². The van der Waals surface area contributed by atoms with Crippen molar-refractivity contribution in [2.75, 3.05) is 5.32 Å². The van der Waals surface area contributed by atoms with Crippen molar-refractivity contribution in [2.45, 2.75) is 25.4 Å². The Morgan fingerprint density at radius 2 is 1.90 bits per heavy atom. The van der Waals surface area contributed by atoms with E-state index in [4.69, 9.17) is 4.74 Å². The van der Waals surface area contributed by atoms with Crippen LogP contribution in [0.5, 0.6) is 0 Å². The number of rotatable bonds is 2. The first-order valence-corrected chi connectivity index (χ1v) is 7.04. The molecular formula is C17H16FNO2. The molecule has 0 unspecified atom stereocenters. The van der Waals surface area contributed by atoms with Crippen LogP contribution in [0.15, 0.2) is 48.5 Å². The van der Waals surface area contributed by atoms with Gasteiger partial charge in [0.25, 0.3) is 0 Å². The molecule has 0 bridgehead atoms. The van der Waals surface area contributed by atoms with Gasteiger partial charge in [0.05, 0.1) is 5.69 Å². The minimum Gasteiger partial charge on any atom is -0.441 e. The largest absolute Gasteiger partial charge is 0.441 e. The van der Waals surface area contributed by atoms with Crippen LogP contribution in [-0.2, 0) is 11.2 Å². The van der Waals surface area contributed by atoms with Crippen LogP contribution in [0.2, 0.25) is 0 Å². The zero-order valence-electron chi connectivity index (χ0n) is 11.5. The number of carbonyl (C=O) groups excluding carboxylic acids is 1. The number of amides is 1. The van der Waals surface area contributed by atoms with Crippen molar-refractivity contribution in [2.24, 2.45) is 0 Å². The smallest absolute Gasteiger partial charge is 0.412 e. The van der Waals surface area contributed by atoms with Gasteiger partial charge in [-0.25, -0.2) is 9.18 Å². The van der Waals surface area contributed by atoms with E-state index in [9.17, 15) is 9.18 Å². The summed E-state index contributed by atoms with van der Waals surface area (Å²) < 4.78 is 19.0. The monoisotopic (exact) mass is 285 g/mol. The molecule has 0 radical (unpaired) electrons. The molecule has 3 nitrogen and oxygen atoms in total. The van der Waals surface area contributed by atoms with Gasteiger partial charge in [-0.05, 0) is 42.5 Å². The first-order chi connectivity index (χ1) is 10.2. The molecule has 3 rings (SSSR count). The van der Waals surface area contributed by atoms with E-state index in [2.05, 4.69) is 11.4 Å². The van der Waals surface area contributed by atoms with Gasteiger partial charge in [0.2, 0.25) is 0 Å². The third-order valence-corrected chi connectivity index (χ3v) is 3.67. The van der Waals surface area contributed by atoms with Crippen LogP contribution in [0, 0.1) is 5.82 Å². The number of hydrogen-bond acceptors (Lipinski definition) is 2. The Morgan fingerprint density at radius 3 is 2.76 bits per heavy atom. The second-order valence-electron chi connectivity index (χ2n) is 5.09. The molecule has 1 aliphatic carbocycles. The molecule has 1 atom stereocenters. The van der Waals surface area contributed by atoms with Crippen molar-refractivity contribution in [1.29, 1.82) is 0 Å². The number of para-hydroxylation sites is 1. The lowest BCUT2D eigenvalue weighted by Gasteiger charge is -2.25. The summed E-state index contributed by atoms with van der Waals surface area (Å²) in [6.45, 7) is 0. The predicted molar refractivity (Wildman–Crippen MR) is 78.6 cm³/mol. The fraction of sp³-hybridized carbons (Fsp3) is 0.235. The van der Waals surface area contributed by atoms with Crippen LogP contribution in [-0.4, -0.2) is 6.09 Å². The molecule has 2 aromatic carbocycles. The molecule has 0 saturated carbocycles. The topological polar surface area (TPSA) is 38.3 Å². The van der Waals surface area contributed by atoms with Crippen molar-refractivity contribution in [1.82, 2.24) is 0 Å². The molecule has 1 N–H and O–H groups in total. The van der Waals surface area contributed by atoms with Gasteiger partial charge < -0.3 is 4.74 Å². The number of benzene rings is 2. The number of nitrogens with one attached hydrogen (secondary N) is 1. The molecule has 0 fully saturated rings. The second-order valence-corrected chi connectivity index (χ2v) is 5.09. The number of fused-ring (bicyclic) bond motifs is 1. The molecule has 0 heterocycles. The summed E-state index contributed by atoms with van der Waals surface area (Å²) in [4.78, 5) is 11.9. The van der Waals surface area contributed by atoms with Crippen molar-refractivity contribution in [3.8, 4) is 0 Å². The minimum absolute atomic E-state index is 0.131. The van der Waals surface area contributed by atoms with Crippen LogP contribution in [0.3, 0.4) is 0 Å². The van der Waals surface area contributed by atoms with Gasteiger partial charge in [-0.1, -0.05) is 36.4 Å². The third kappa shape index (κ3) is 3.05. The highest BCUT2D eigenvalue weighted by atomic mass is 19.1. The lowest BCUT2D eigenvalue weighted by Crippen LogP contribution is -2.21. The van der Waals surface area contributed by atoms with E-state index in [0.717, 1.165) is 24.8 Å². The summed E-state index contributed by atoms with van der Waals surface area (Å²) in [5.41, 5.74) is 2.39. The van der Waals surface area contributed by atoms with Crippen molar-refractivity contribution >= 4 is 11.8 Å². The van der Waals surface area contributed by atoms with Crippen LogP contribution in [0.1, 0.15) is 30.1 Å². The van der Waals surface area contributed by atoms with Gasteiger partial charge in [-0.2, -0.15) is 0 Å². The number of carbonyl (C=O) groups is 1. The lowest BCUT2D eigenvalue weighted by molar-refractivity contribution is 0.0998. The van der Waals surface area contributed by atoms with Crippen molar-refractivity contribution in [3.63, 3.8) is 0 Å². The number of aryl methyl sites for hydroxylation is 1. The second kappa shape index (κ2) is 5.95. The zero-order valence-corrected chi connectivity index (χ0v) is 11.5. The molecule has 1 aliphatic rings. The Kier molecular flexibility index (Phi) is 3.86. The number of anilines is 1. The predicted octanol–water partition coefficient (Wildman–Crippen LogP) is 4.45. The van der Waals surface area contributed by atoms with E-state index in [-0.39, 0.29) is 11.8 Å². The Hall–Kier alpha value is -2.36. The molecule has 2 aromatic rings. The Balaban J connectivity index is 1.70. The maximum atomic E-state index is 13.5. The SMILES string of the molecule is O=C(Nc1ccccc1F)O[C@@H]1CCCc2ccccc21. The van der Waals surface area contributed by atoms with E-state index < -0.39 is 11.9 Å². The van der Waals surface area contributed by atoms with Gasteiger partial charge in [0, 0.05) is 0 Å². The highest BCUT2D eigenvalue weighted by Crippen LogP contribution is 2.32. The van der Waals surface area contributed by atoms with E-state index in [0.29, 0.717) is 0 Å². The summed E-state index contributed by atoms with van der Waals surface area (Å²) in [7, 11) is 0. The van der Waals surface area contributed by atoms with E-state index in [1.54, 1.807) is 12.1 Å². The fourth-order valence-corrected chi connectivity index (χ4v) is 2.66. The first-order valence-electron chi connectivity index (χ1n) is 7.04. The van der Waals surface area contributed by atoms with Crippen LogP contribution < -0.4 is 5.32 Å². The average Bonchev–Trinajstić information content (AvgIpc) is 2.50. The van der Waals surface area contributed by atoms with Crippen LogP contribution >= 0.6 is 0 Å². The van der Waals surface area contributed by atoms with E-state index in [1.165, 1.54) is 17.7 Å². The summed E-state index contributed by atoms with van der Waals surface area (Å²) >= 11 is 0. The summed E-state index contributed by atoms with van der Waals surface area (Å²) in [5.74, 6) is -0.474. The minimum atomic E-state index is -0.623. The average molecular weight is 285 g/mol. The van der Waals surface area contributed by atoms with Crippen molar-refractivity contribution < 1.29 is 13.9 Å². The van der Waals surface area contributed by atoms with Gasteiger partial charge in [0.1, 0.15) is 11.9 Å². The summed E-state index contributed by atoms with van der Waals surface area (Å²) in [5, 5.41) is 2.45. The van der Waals surface area contributed by atoms with E-state index >= 15 is 0 Å². The molecule has 21 heavy (non-hydrogen) atoms. The van der Waals surface area contributed by atoms with Crippen LogP contribution in [0.4, 0.5) is 14.9 Å². The quantitative estimate of drug-likeness (QED) is 0.885. The summed E-state index contributed by atoms with van der Waals surface area (Å²) in [6.07, 6.45) is 1.89. The Bertz CT molecular complexity index is 657. The zero-order chi connectivity index (χ0) is 14.7. The highest BCUT2D eigenvalue weighted by Gasteiger charge is 2.23.